The second-order valence-electron chi connectivity index (χ2n) is 7.64. The van der Waals surface area contributed by atoms with E-state index in [9.17, 15) is 13.2 Å². The first-order chi connectivity index (χ1) is 12.8. The number of aryl methyl sites for hydroxylation is 1. The van der Waals surface area contributed by atoms with E-state index in [2.05, 4.69) is 7.05 Å². The Hall–Kier alpha value is -1.64. The number of nitrogens with zero attached hydrogens (tertiary/aromatic N) is 2. The number of quaternary nitrogens is 1. The molecule has 0 unspecified atom stereocenters. The molecule has 1 atom stereocenters. The summed E-state index contributed by atoms with van der Waals surface area (Å²) in [5, 5.41) is 0. The van der Waals surface area contributed by atoms with E-state index in [0.717, 1.165) is 38.2 Å². The molecular formula is C19H30N3O4S+. The number of nitrogens with one attached hydrogen (secondary N) is 1. The van der Waals surface area contributed by atoms with Crippen LogP contribution >= 0.6 is 0 Å². The molecule has 8 heteroatoms. The van der Waals surface area contributed by atoms with E-state index in [1.807, 2.05) is 17.9 Å². The predicted octanol–water partition coefficient (Wildman–Crippen LogP) is -0.239. The number of amides is 1. The molecule has 1 aromatic rings. The van der Waals surface area contributed by atoms with E-state index in [1.165, 1.54) is 16.3 Å². The van der Waals surface area contributed by atoms with Crippen LogP contribution in [0.4, 0.5) is 0 Å². The van der Waals surface area contributed by atoms with Crippen molar-refractivity contribution in [3.63, 3.8) is 0 Å². The van der Waals surface area contributed by atoms with Gasteiger partial charge in [-0.1, -0.05) is 6.07 Å². The standard InChI is InChI=1S/C19H29N3O4S/c1-15-6-7-17(26-3)18(13-15)27(24,25)22-8-4-5-16(14-22)19(23)21-11-9-20(2)10-12-21/h6-7,13,16H,4-5,8-12,14H2,1-3H3/p+1/t16-/m0/s1. The minimum absolute atomic E-state index is 0.0959. The van der Waals surface area contributed by atoms with Gasteiger partial charge in [-0.25, -0.2) is 8.42 Å². The molecule has 1 N–H and O–H groups in total. The predicted molar refractivity (Wildman–Crippen MR) is 102 cm³/mol. The molecule has 2 aliphatic heterocycles. The van der Waals surface area contributed by atoms with Gasteiger partial charge in [0.15, 0.2) is 0 Å². The lowest BCUT2D eigenvalue weighted by Gasteiger charge is -2.36. The molecule has 7 nitrogen and oxygen atoms in total. The third-order valence-corrected chi connectivity index (χ3v) is 7.49. The molecule has 2 saturated heterocycles. The van der Waals surface area contributed by atoms with Crippen molar-refractivity contribution in [1.82, 2.24) is 9.21 Å². The smallest absolute Gasteiger partial charge is 0.246 e. The molecule has 0 aromatic heterocycles. The number of hydrogen-bond donors (Lipinski definition) is 1. The lowest BCUT2D eigenvalue weighted by molar-refractivity contribution is -0.883. The van der Waals surface area contributed by atoms with E-state index in [0.29, 0.717) is 18.7 Å². The van der Waals surface area contributed by atoms with E-state index in [1.54, 1.807) is 12.1 Å². The molecule has 150 valence electrons. The number of hydrogen-bond acceptors (Lipinski definition) is 4. The highest BCUT2D eigenvalue weighted by Crippen LogP contribution is 2.31. The van der Waals surface area contributed by atoms with Gasteiger partial charge in [0, 0.05) is 13.1 Å². The fourth-order valence-corrected chi connectivity index (χ4v) is 5.62. The maximum Gasteiger partial charge on any atom is 0.246 e. The van der Waals surface area contributed by atoms with Crippen LogP contribution in [-0.4, -0.2) is 77.0 Å². The first kappa shape index (κ1) is 20.1. The maximum atomic E-state index is 13.2. The summed E-state index contributed by atoms with van der Waals surface area (Å²) in [7, 11) is -0.0950. The fraction of sp³-hybridized carbons (Fsp3) is 0.632. The van der Waals surface area contributed by atoms with Crippen LogP contribution in [0.25, 0.3) is 0 Å². The quantitative estimate of drug-likeness (QED) is 0.763. The second-order valence-corrected chi connectivity index (χ2v) is 9.55. The number of carbonyl (C=O) groups excluding carboxylic acids is 1. The van der Waals surface area contributed by atoms with Crippen molar-refractivity contribution >= 4 is 15.9 Å². The minimum atomic E-state index is -3.70. The summed E-state index contributed by atoms with van der Waals surface area (Å²) < 4.78 is 33.2. The number of rotatable bonds is 4. The van der Waals surface area contributed by atoms with Crippen LogP contribution in [0, 0.1) is 12.8 Å². The largest absolute Gasteiger partial charge is 0.495 e. The first-order valence-corrected chi connectivity index (χ1v) is 11.0. The van der Waals surface area contributed by atoms with Gasteiger partial charge in [0.05, 0.1) is 46.3 Å². The normalized spacial score (nSPS) is 22.6. The van der Waals surface area contributed by atoms with Crippen LogP contribution in [0.5, 0.6) is 5.75 Å². The summed E-state index contributed by atoms with van der Waals surface area (Å²) >= 11 is 0. The summed E-state index contributed by atoms with van der Waals surface area (Å²) in [4.78, 5) is 16.4. The molecule has 0 spiro atoms. The molecule has 27 heavy (non-hydrogen) atoms. The van der Waals surface area contributed by atoms with Crippen molar-refractivity contribution in [1.29, 1.82) is 0 Å². The molecule has 3 rings (SSSR count). The van der Waals surface area contributed by atoms with E-state index < -0.39 is 10.0 Å². The summed E-state index contributed by atoms with van der Waals surface area (Å²) in [6.45, 7) is 5.94. The van der Waals surface area contributed by atoms with Crippen LogP contribution in [0.2, 0.25) is 0 Å². The molecular weight excluding hydrogens is 366 g/mol. The third kappa shape index (κ3) is 4.28. The van der Waals surface area contributed by atoms with E-state index in [4.69, 9.17) is 4.74 Å². The van der Waals surface area contributed by atoms with Crippen molar-refractivity contribution in [2.24, 2.45) is 5.92 Å². The van der Waals surface area contributed by atoms with Gasteiger partial charge in [0.2, 0.25) is 15.9 Å². The van der Waals surface area contributed by atoms with Gasteiger partial charge in [-0.05, 0) is 37.5 Å². The molecule has 0 saturated carbocycles. The van der Waals surface area contributed by atoms with E-state index in [-0.39, 0.29) is 23.3 Å². The molecule has 1 amide bonds. The Kier molecular flexibility index (Phi) is 6.08. The summed E-state index contributed by atoms with van der Waals surface area (Å²) in [5.41, 5.74) is 0.860. The van der Waals surface area contributed by atoms with Crippen LogP contribution in [-0.2, 0) is 14.8 Å². The average molecular weight is 397 g/mol. The number of piperazine rings is 1. The zero-order chi connectivity index (χ0) is 19.6. The highest BCUT2D eigenvalue weighted by atomic mass is 32.2. The maximum absolute atomic E-state index is 13.2. The van der Waals surface area contributed by atoms with Crippen molar-refractivity contribution in [3.05, 3.63) is 23.8 Å². The summed E-state index contributed by atoms with van der Waals surface area (Å²) in [6, 6.07) is 5.15. The van der Waals surface area contributed by atoms with Crippen LogP contribution in [0.1, 0.15) is 18.4 Å². The van der Waals surface area contributed by atoms with Crippen molar-refractivity contribution in [2.45, 2.75) is 24.7 Å². The van der Waals surface area contributed by atoms with Crippen molar-refractivity contribution in [2.75, 3.05) is 53.4 Å². The molecule has 0 aliphatic carbocycles. The average Bonchev–Trinajstić information content (AvgIpc) is 2.68. The summed E-state index contributed by atoms with van der Waals surface area (Å²) in [6.07, 6.45) is 1.44. The van der Waals surface area contributed by atoms with Crippen molar-refractivity contribution in [3.8, 4) is 5.75 Å². The Labute approximate surface area is 161 Å². The fourth-order valence-electron chi connectivity index (χ4n) is 3.85. The van der Waals surface area contributed by atoms with Crippen molar-refractivity contribution < 1.29 is 22.8 Å². The number of sulfonamides is 1. The highest BCUT2D eigenvalue weighted by molar-refractivity contribution is 7.89. The SMILES string of the molecule is COc1ccc(C)cc1S(=O)(=O)N1CCC[C@H](C(=O)N2CC[NH+](C)CC2)C1. The second kappa shape index (κ2) is 8.16. The Balaban J connectivity index is 1.77. The molecule has 1 aromatic carbocycles. The molecule has 2 heterocycles. The zero-order valence-corrected chi connectivity index (χ0v) is 17.2. The monoisotopic (exact) mass is 396 g/mol. The molecule has 0 radical (unpaired) electrons. The molecule has 2 fully saturated rings. The van der Waals surface area contributed by atoms with Gasteiger partial charge in [-0.2, -0.15) is 4.31 Å². The number of benzene rings is 1. The van der Waals surface area contributed by atoms with Gasteiger partial charge in [-0.3, -0.25) is 4.79 Å². The number of methoxy groups -OCH3 is 1. The van der Waals surface area contributed by atoms with Crippen LogP contribution < -0.4 is 9.64 Å². The first-order valence-electron chi connectivity index (χ1n) is 9.58. The Bertz CT molecular complexity index is 788. The zero-order valence-electron chi connectivity index (χ0n) is 16.4. The van der Waals surface area contributed by atoms with Crippen LogP contribution in [0.15, 0.2) is 23.1 Å². The van der Waals surface area contributed by atoms with Gasteiger partial charge in [0.25, 0.3) is 0 Å². The lowest BCUT2D eigenvalue weighted by Crippen LogP contribution is -3.12. The van der Waals surface area contributed by atoms with Gasteiger partial charge in [-0.15, -0.1) is 0 Å². The van der Waals surface area contributed by atoms with Gasteiger partial charge < -0.3 is 14.5 Å². The van der Waals surface area contributed by atoms with Gasteiger partial charge >= 0.3 is 0 Å². The number of carbonyl (C=O) groups is 1. The lowest BCUT2D eigenvalue weighted by atomic mass is 9.98. The Morgan fingerprint density at radius 2 is 1.93 bits per heavy atom. The topological polar surface area (TPSA) is 71.4 Å². The minimum Gasteiger partial charge on any atom is -0.495 e. The third-order valence-electron chi connectivity index (χ3n) is 5.60. The van der Waals surface area contributed by atoms with Gasteiger partial charge in [0.1, 0.15) is 10.6 Å². The number of ether oxygens (including phenoxy) is 1. The Morgan fingerprint density at radius 3 is 2.59 bits per heavy atom. The number of piperidine rings is 1. The Morgan fingerprint density at radius 1 is 1.22 bits per heavy atom. The highest BCUT2D eigenvalue weighted by Gasteiger charge is 2.37. The van der Waals surface area contributed by atoms with Crippen LogP contribution in [0.3, 0.4) is 0 Å². The number of likely N-dealkylation sites (N-methyl/N-ethyl adjacent to an activating group) is 1. The van der Waals surface area contributed by atoms with E-state index >= 15 is 0 Å². The molecule has 0 bridgehead atoms. The molecule has 2 aliphatic rings. The summed E-state index contributed by atoms with van der Waals surface area (Å²) in [5.74, 6) is 0.178.